The Bertz CT molecular complexity index is 723. The smallest absolute Gasteiger partial charge is 0.0594 e. The van der Waals surface area contributed by atoms with Gasteiger partial charge in [-0.15, -0.1) is 0 Å². The highest BCUT2D eigenvalue weighted by atomic mass is 16.3. The molecule has 4 rings (SSSR count). The molecule has 0 aromatic rings. The van der Waals surface area contributed by atoms with Gasteiger partial charge in [0.1, 0.15) is 0 Å². The van der Waals surface area contributed by atoms with E-state index in [9.17, 15) is 5.11 Å². The molecule has 1 nitrogen and oxygen atoms in total. The van der Waals surface area contributed by atoms with Gasteiger partial charge in [0.2, 0.25) is 0 Å². The largest absolute Gasteiger partial charge is 0.393 e. The molecule has 0 aliphatic heterocycles. The molecule has 0 aromatic carbocycles. The number of aliphatic hydroxyl groups is 1. The molecule has 0 amide bonds. The van der Waals surface area contributed by atoms with Crippen LogP contribution in [0.25, 0.3) is 0 Å². The summed E-state index contributed by atoms with van der Waals surface area (Å²) < 4.78 is 0. The number of hydrogen-bond acceptors (Lipinski definition) is 1. The monoisotopic (exact) mass is 412 g/mol. The molecule has 30 heavy (non-hydrogen) atoms. The maximum Gasteiger partial charge on any atom is 0.0594 e. The van der Waals surface area contributed by atoms with Gasteiger partial charge in [-0.1, -0.05) is 57.4 Å². The Morgan fingerprint density at radius 3 is 2.47 bits per heavy atom. The summed E-state index contributed by atoms with van der Waals surface area (Å²) in [6, 6.07) is 0. The van der Waals surface area contributed by atoms with Crippen LogP contribution in [0.5, 0.6) is 0 Å². The van der Waals surface area contributed by atoms with Crippen LogP contribution in [0.4, 0.5) is 0 Å². The predicted octanol–water partition coefficient (Wildman–Crippen LogP) is 8.09. The highest BCUT2D eigenvalue weighted by molar-refractivity contribution is 5.35. The molecule has 2 fully saturated rings. The molecule has 7 atom stereocenters. The van der Waals surface area contributed by atoms with Gasteiger partial charge in [-0.05, 0) is 118 Å². The first kappa shape index (κ1) is 22.6. The molecule has 0 heterocycles. The number of hydrogen-bond donors (Lipinski definition) is 1. The Labute approximate surface area is 186 Å². The molecule has 4 aliphatic rings. The lowest BCUT2D eigenvalue weighted by Gasteiger charge is -2.60. The van der Waals surface area contributed by atoms with E-state index in [-0.39, 0.29) is 11.5 Å². The molecule has 170 valence electrons. The van der Waals surface area contributed by atoms with Crippen LogP contribution in [0.15, 0.2) is 22.8 Å². The molecular weight excluding hydrogens is 364 g/mol. The summed E-state index contributed by atoms with van der Waals surface area (Å²) in [6.07, 6.45) is 15.3. The molecule has 1 heteroatoms. The predicted molar refractivity (Wildman–Crippen MR) is 128 cm³/mol. The minimum Gasteiger partial charge on any atom is -0.393 e. The average Bonchev–Trinajstić information content (AvgIpc) is 3.02. The van der Waals surface area contributed by atoms with E-state index in [4.69, 9.17) is 0 Å². The number of aliphatic hydroxyl groups excluding tert-OH is 1. The molecule has 0 bridgehead atoms. The van der Waals surface area contributed by atoms with Crippen molar-refractivity contribution in [2.45, 2.75) is 119 Å². The molecule has 3 unspecified atom stereocenters. The van der Waals surface area contributed by atoms with Crippen LogP contribution in [0.2, 0.25) is 0 Å². The third-order valence-electron chi connectivity index (χ3n) is 10.8. The molecule has 0 radical (unpaired) electrons. The van der Waals surface area contributed by atoms with Gasteiger partial charge in [0.05, 0.1) is 6.10 Å². The van der Waals surface area contributed by atoms with Gasteiger partial charge in [0.25, 0.3) is 0 Å². The molecule has 0 spiro atoms. The number of allylic oxidation sites excluding steroid dienone is 4. The van der Waals surface area contributed by atoms with Crippen molar-refractivity contribution in [1.29, 1.82) is 0 Å². The van der Waals surface area contributed by atoms with E-state index >= 15 is 0 Å². The van der Waals surface area contributed by atoms with Crippen LogP contribution in [-0.2, 0) is 0 Å². The van der Waals surface area contributed by atoms with Crippen molar-refractivity contribution in [3.63, 3.8) is 0 Å². The summed E-state index contributed by atoms with van der Waals surface area (Å²) in [6.45, 7) is 16.9. The zero-order chi connectivity index (χ0) is 21.9. The first-order valence-electron chi connectivity index (χ1n) is 13.1. The summed E-state index contributed by atoms with van der Waals surface area (Å²) in [4.78, 5) is 0. The normalized spacial score (nSPS) is 43.5. The van der Waals surface area contributed by atoms with Crippen LogP contribution in [0.3, 0.4) is 0 Å². The molecule has 4 aliphatic carbocycles. The minimum atomic E-state index is -0.121. The highest BCUT2D eigenvalue weighted by Gasteiger charge is 2.59. The first-order chi connectivity index (χ1) is 14.0. The van der Waals surface area contributed by atoms with Gasteiger partial charge >= 0.3 is 0 Å². The van der Waals surface area contributed by atoms with Crippen molar-refractivity contribution in [1.82, 2.24) is 0 Å². The van der Waals surface area contributed by atoms with Gasteiger partial charge in [-0.3, -0.25) is 0 Å². The van der Waals surface area contributed by atoms with E-state index in [0.29, 0.717) is 16.7 Å². The lowest BCUT2D eigenvalue weighted by molar-refractivity contribution is -0.0931. The van der Waals surface area contributed by atoms with Crippen LogP contribution < -0.4 is 0 Å². The molecular formula is C29H48O. The van der Waals surface area contributed by atoms with E-state index in [1.165, 1.54) is 63.4 Å². The third-order valence-corrected chi connectivity index (χ3v) is 10.8. The third kappa shape index (κ3) is 3.37. The van der Waals surface area contributed by atoms with Crippen molar-refractivity contribution in [2.24, 2.45) is 39.9 Å². The van der Waals surface area contributed by atoms with Gasteiger partial charge in [0.15, 0.2) is 0 Å². The van der Waals surface area contributed by atoms with Crippen LogP contribution in [-0.4, -0.2) is 11.2 Å². The van der Waals surface area contributed by atoms with E-state index in [1.54, 1.807) is 0 Å². The first-order valence-corrected chi connectivity index (χ1v) is 13.1. The SMILES string of the molecule is CC(C)=CCC[C@@H](C)C1CCC2C3=C(CC[C@@]21C)[C@@]1(C)CC[C@H](O)C(C)(C)C1CC3. The lowest BCUT2D eigenvalue weighted by atomic mass is 9.46. The molecule has 1 N–H and O–H groups in total. The number of rotatable bonds is 4. The summed E-state index contributed by atoms with van der Waals surface area (Å²) in [5.74, 6) is 3.23. The van der Waals surface area contributed by atoms with Gasteiger partial charge in [0, 0.05) is 0 Å². The minimum absolute atomic E-state index is 0.0595. The fourth-order valence-corrected chi connectivity index (χ4v) is 9.10. The summed E-state index contributed by atoms with van der Waals surface area (Å²) in [5, 5.41) is 10.8. The van der Waals surface area contributed by atoms with E-state index in [2.05, 4.69) is 54.5 Å². The summed E-state index contributed by atoms with van der Waals surface area (Å²) in [7, 11) is 0. The Balaban J connectivity index is 1.59. The molecule has 0 aromatic heterocycles. The fraction of sp³-hybridized carbons (Fsp3) is 0.862. The van der Waals surface area contributed by atoms with E-state index < -0.39 is 0 Å². The number of fused-ring (bicyclic) bond motifs is 4. The topological polar surface area (TPSA) is 20.2 Å². The quantitative estimate of drug-likeness (QED) is 0.462. The van der Waals surface area contributed by atoms with E-state index in [1.807, 2.05) is 11.1 Å². The van der Waals surface area contributed by atoms with Gasteiger partial charge in [-0.25, -0.2) is 0 Å². The van der Waals surface area contributed by atoms with Crippen molar-refractivity contribution in [3.8, 4) is 0 Å². The zero-order valence-corrected chi connectivity index (χ0v) is 21.0. The second-order valence-electron chi connectivity index (χ2n) is 13.0. The highest BCUT2D eigenvalue weighted by Crippen LogP contribution is 2.68. The fourth-order valence-electron chi connectivity index (χ4n) is 9.10. The van der Waals surface area contributed by atoms with Crippen molar-refractivity contribution in [2.75, 3.05) is 0 Å². The summed E-state index contributed by atoms with van der Waals surface area (Å²) >= 11 is 0. The second-order valence-corrected chi connectivity index (χ2v) is 13.0. The van der Waals surface area contributed by atoms with Crippen LogP contribution in [0, 0.1) is 39.9 Å². The Hall–Kier alpha value is -0.560. The lowest BCUT2D eigenvalue weighted by Crippen LogP contribution is -2.53. The Morgan fingerprint density at radius 1 is 1.03 bits per heavy atom. The van der Waals surface area contributed by atoms with Crippen LogP contribution >= 0.6 is 0 Å². The maximum absolute atomic E-state index is 10.8. The Morgan fingerprint density at radius 2 is 1.77 bits per heavy atom. The summed E-state index contributed by atoms with van der Waals surface area (Å²) in [5.41, 5.74) is 6.15. The van der Waals surface area contributed by atoms with Gasteiger partial charge < -0.3 is 5.11 Å². The van der Waals surface area contributed by atoms with E-state index in [0.717, 1.165) is 24.2 Å². The average molecular weight is 413 g/mol. The Kier molecular flexibility index (Phi) is 5.87. The zero-order valence-electron chi connectivity index (χ0n) is 21.0. The second kappa shape index (κ2) is 7.79. The van der Waals surface area contributed by atoms with Crippen molar-refractivity contribution in [3.05, 3.63) is 22.8 Å². The van der Waals surface area contributed by atoms with Crippen molar-refractivity contribution >= 4 is 0 Å². The molecule has 0 saturated heterocycles. The molecule has 2 saturated carbocycles. The van der Waals surface area contributed by atoms with Crippen LogP contribution in [0.1, 0.15) is 113 Å². The van der Waals surface area contributed by atoms with Crippen molar-refractivity contribution < 1.29 is 5.11 Å². The van der Waals surface area contributed by atoms with Gasteiger partial charge in [-0.2, -0.15) is 0 Å². The standard InChI is InChI=1S/C29H48O/c1-19(2)9-8-10-20(3)22-12-13-23-21-11-14-25-27(4,5)26(30)16-18-29(25,7)24(21)15-17-28(22,23)6/h9,20,22-23,25-26,30H,8,10-18H2,1-7H3/t20-,22?,23?,25?,26+,28-,29-/m1/s1. The maximum atomic E-state index is 10.8.